The summed E-state index contributed by atoms with van der Waals surface area (Å²) >= 11 is 0. The van der Waals surface area contributed by atoms with Crippen LogP contribution in [0, 0.1) is 0 Å². The first kappa shape index (κ1) is 13.1. The highest BCUT2D eigenvalue weighted by Gasteiger charge is 2.12. The molecule has 0 saturated carbocycles. The highest BCUT2D eigenvalue weighted by atomic mass is 16.4. The summed E-state index contributed by atoms with van der Waals surface area (Å²) in [5, 5.41) is 11.2. The van der Waals surface area contributed by atoms with E-state index in [4.69, 9.17) is 9.52 Å². The Morgan fingerprint density at radius 2 is 2.29 bits per heavy atom. The van der Waals surface area contributed by atoms with Crippen LogP contribution < -0.4 is 5.32 Å². The Kier molecular flexibility index (Phi) is 5.06. The van der Waals surface area contributed by atoms with E-state index in [1.54, 1.807) is 19.1 Å². The van der Waals surface area contributed by atoms with Crippen molar-refractivity contribution in [3.8, 4) is 0 Å². The van der Waals surface area contributed by atoms with E-state index >= 15 is 0 Å². The fraction of sp³-hybridized carbons (Fsp3) is 0.455. The van der Waals surface area contributed by atoms with Crippen LogP contribution in [0.5, 0.6) is 0 Å². The van der Waals surface area contributed by atoms with Gasteiger partial charge in [-0.1, -0.05) is 0 Å². The van der Waals surface area contributed by atoms with Gasteiger partial charge in [-0.3, -0.25) is 4.79 Å². The summed E-state index contributed by atoms with van der Waals surface area (Å²) < 4.78 is 5.07. The number of furan rings is 1. The van der Waals surface area contributed by atoms with Gasteiger partial charge in [-0.25, -0.2) is 4.79 Å². The lowest BCUT2D eigenvalue weighted by Crippen LogP contribution is -2.40. The Morgan fingerprint density at radius 3 is 2.82 bits per heavy atom. The molecule has 0 aliphatic heterocycles. The van der Waals surface area contributed by atoms with Crippen molar-refractivity contribution in [1.82, 2.24) is 10.2 Å². The average molecular weight is 240 g/mol. The maximum atomic E-state index is 11.7. The molecule has 6 heteroatoms. The van der Waals surface area contributed by atoms with Gasteiger partial charge in [0.25, 0.3) is 0 Å². The zero-order valence-electron chi connectivity index (χ0n) is 9.68. The van der Waals surface area contributed by atoms with Crippen LogP contribution >= 0.6 is 0 Å². The number of amides is 2. The summed E-state index contributed by atoms with van der Waals surface area (Å²) in [6.45, 7) is 2.77. The molecule has 1 rings (SSSR count). The minimum absolute atomic E-state index is 0.0536. The maximum absolute atomic E-state index is 11.7. The van der Waals surface area contributed by atoms with Crippen LogP contribution in [0.15, 0.2) is 22.8 Å². The molecule has 0 fully saturated rings. The number of carbonyl (C=O) groups is 2. The lowest BCUT2D eigenvalue weighted by Gasteiger charge is -2.20. The normalized spacial score (nSPS) is 9.94. The molecule has 0 unspecified atom stereocenters. The van der Waals surface area contributed by atoms with E-state index in [1.165, 1.54) is 11.2 Å². The smallest absolute Gasteiger partial charge is 0.317 e. The van der Waals surface area contributed by atoms with Crippen LogP contribution in [0.1, 0.15) is 19.1 Å². The highest BCUT2D eigenvalue weighted by molar-refractivity contribution is 5.75. The van der Waals surface area contributed by atoms with Crippen molar-refractivity contribution < 1.29 is 19.1 Å². The van der Waals surface area contributed by atoms with E-state index in [9.17, 15) is 9.59 Å². The molecule has 0 atom stereocenters. The number of carboxylic acids is 1. The quantitative estimate of drug-likeness (QED) is 0.784. The van der Waals surface area contributed by atoms with Gasteiger partial charge in [0.05, 0.1) is 19.2 Å². The Labute approximate surface area is 99.2 Å². The molecular weight excluding hydrogens is 224 g/mol. The van der Waals surface area contributed by atoms with Crippen LogP contribution in [0.4, 0.5) is 4.79 Å². The molecular formula is C11H16N2O4. The zero-order chi connectivity index (χ0) is 12.7. The SMILES string of the molecule is CCN(CCC(=O)O)C(=O)NCc1ccco1. The molecule has 1 aromatic heterocycles. The van der Waals surface area contributed by atoms with E-state index in [-0.39, 0.29) is 19.0 Å². The summed E-state index contributed by atoms with van der Waals surface area (Å²) in [7, 11) is 0. The Hall–Kier alpha value is -1.98. The van der Waals surface area contributed by atoms with Crippen LogP contribution in [0.2, 0.25) is 0 Å². The zero-order valence-corrected chi connectivity index (χ0v) is 9.68. The number of nitrogens with zero attached hydrogens (tertiary/aromatic N) is 1. The van der Waals surface area contributed by atoms with Crippen LogP contribution in [0.3, 0.4) is 0 Å². The van der Waals surface area contributed by atoms with Gasteiger partial charge in [0, 0.05) is 13.1 Å². The predicted molar refractivity (Wildman–Crippen MR) is 60.4 cm³/mol. The Morgan fingerprint density at radius 1 is 1.53 bits per heavy atom. The maximum Gasteiger partial charge on any atom is 0.317 e. The third-order valence-electron chi connectivity index (χ3n) is 2.26. The van der Waals surface area contributed by atoms with E-state index < -0.39 is 5.97 Å². The van der Waals surface area contributed by atoms with Gasteiger partial charge in [0.1, 0.15) is 5.76 Å². The molecule has 0 radical (unpaired) electrons. The lowest BCUT2D eigenvalue weighted by atomic mass is 10.4. The van der Waals surface area contributed by atoms with Crippen molar-refractivity contribution in [1.29, 1.82) is 0 Å². The lowest BCUT2D eigenvalue weighted by molar-refractivity contribution is -0.137. The molecule has 0 bridgehead atoms. The molecule has 6 nitrogen and oxygen atoms in total. The topological polar surface area (TPSA) is 82.8 Å². The van der Waals surface area contributed by atoms with Gasteiger partial charge >= 0.3 is 12.0 Å². The van der Waals surface area contributed by atoms with Crippen LogP contribution in [-0.4, -0.2) is 35.1 Å². The van der Waals surface area contributed by atoms with Gasteiger partial charge in [-0.2, -0.15) is 0 Å². The fourth-order valence-corrected chi connectivity index (χ4v) is 1.32. The number of nitrogens with one attached hydrogen (secondary N) is 1. The Bertz CT molecular complexity index is 362. The van der Waals surface area contributed by atoms with Crippen molar-refractivity contribution in [3.05, 3.63) is 24.2 Å². The van der Waals surface area contributed by atoms with E-state index in [2.05, 4.69) is 5.32 Å². The monoisotopic (exact) mass is 240 g/mol. The minimum Gasteiger partial charge on any atom is -0.481 e. The molecule has 0 aliphatic carbocycles. The van der Waals surface area contributed by atoms with Gasteiger partial charge in [-0.05, 0) is 19.1 Å². The summed E-state index contributed by atoms with van der Waals surface area (Å²) in [6, 6.07) is 3.21. The second-order valence-corrected chi connectivity index (χ2v) is 3.46. The minimum atomic E-state index is -0.915. The summed E-state index contributed by atoms with van der Waals surface area (Å²) in [5.74, 6) is -0.255. The van der Waals surface area contributed by atoms with Crippen molar-refractivity contribution in [2.45, 2.75) is 19.9 Å². The number of carboxylic acid groups (broad SMARTS) is 1. The third kappa shape index (κ3) is 4.58. The number of carbonyl (C=O) groups excluding carboxylic acids is 1. The van der Waals surface area contributed by atoms with Crippen molar-refractivity contribution in [2.24, 2.45) is 0 Å². The molecule has 0 aliphatic rings. The number of rotatable bonds is 6. The van der Waals surface area contributed by atoms with Crippen molar-refractivity contribution in [2.75, 3.05) is 13.1 Å². The first-order chi connectivity index (χ1) is 8.13. The number of hydrogen-bond acceptors (Lipinski definition) is 3. The van der Waals surface area contributed by atoms with Crippen molar-refractivity contribution in [3.63, 3.8) is 0 Å². The second-order valence-electron chi connectivity index (χ2n) is 3.46. The molecule has 1 heterocycles. The van der Waals surface area contributed by atoms with Crippen molar-refractivity contribution >= 4 is 12.0 Å². The van der Waals surface area contributed by atoms with Gasteiger partial charge in [-0.15, -0.1) is 0 Å². The molecule has 94 valence electrons. The highest BCUT2D eigenvalue weighted by Crippen LogP contribution is 2.00. The molecule has 1 aromatic rings. The molecule has 2 amide bonds. The predicted octanol–water partition coefficient (Wildman–Crippen LogP) is 1.29. The van der Waals surface area contributed by atoms with E-state index in [0.717, 1.165) is 0 Å². The first-order valence-electron chi connectivity index (χ1n) is 5.40. The van der Waals surface area contributed by atoms with Gasteiger partial charge < -0.3 is 19.7 Å². The second kappa shape index (κ2) is 6.57. The molecule has 0 saturated heterocycles. The van der Waals surface area contributed by atoms with Crippen LogP contribution in [0.25, 0.3) is 0 Å². The number of aliphatic carboxylic acids is 1. The number of hydrogen-bond donors (Lipinski definition) is 2. The van der Waals surface area contributed by atoms with Gasteiger partial charge in [0.2, 0.25) is 0 Å². The summed E-state index contributed by atoms with van der Waals surface area (Å²) in [5.41, 5.74) is 0. The van der Waals surface area contributed by atoms with Crippen LogP contribution in [-0.2, 0) is 11.3 Å². The summed E-state index contributed by atoms with van der Waals surface area (Å²) in [6.07, 6.45) is 1.48. The standard InChI is InChI=1S/C11H16N2O4/c1-2-13(6-5-10(14)15)11(16)12-8-9-4-3-7-17-9/h3-4,7H,2,5-6,8H2,1H3,(H,12,16)(H,14,15). The van der Waals surface area contributed by atoms with Gasteiger partial charge in [0.15, 0.2) is 0 Å². The number of urea groups is 1. The third-order valence-corrected chi connectivity index (χ3v) is 2.26. The average Bonchev–Trinajstić information content (AvgIpc) is 2.79. The first-order valence-corrected chi connectivity index (χ1v) is 5.40. The molecule has 0 aromatic carbocycles. The Balaban J connectivity index is 2.35. The van der Waals surface area contributed by atoms with E-state index in [1.807, 2.05) is 0 Å². The summed E-state index contributed by atoms with van der Waals surface area (Å²) in [4.78, 5) is 23.5. The largest absolute Gasteiger partial charge is 0.481 e. The molecule has 17 heavy (non-hydrogen) atoms. The fourth-order valence-electron chi connectivity index (χ4n) is 1.32. The molecule has 2 N–H and O–H groups in total. The molecule has 0 spiro atoms. The van der Waals surface area contributed by atoms with E-state index in [0.29, 0.717) is 18.8 Å².